The van der Waals surface area contributed by atoms with Crippen LogP contribution in [0.15, 0.2) is 140 Å². The molecule has 0 saturated heterocycles. The predicted molar refractivity (Wildman–Crippen MR) is 407 cm³/mol. The number of hydrogen-bond donors (Lipinski definition) is 5. The number of benzene rings is 7. The number of ketones is 2. The van der Waals surface area contributed by atoms with Crippen molar-refractivity contribution in [1.82, 2.24) is 29.7 Å². The van der Waals surface area contributed by atoms with E-state index in [4.69, 9.17) is 67.8 Å². The number of halogens is 6. The van der Waals surface area contributed by atoms with Gasteiger partial charge in [0.25, 0.3) is 0 Å². The predicted octanol–water partition coefficient (Wildman–Crippen LogP) is 16.8. The van der Waals surface area contributed by atoms with Crippen LogP contribution in [0.2, 0.25) is 20.1 Å². The van der Waals surface area contributed by atoms with Crippen LogP contribution in [0.4, 0.5) is 20.2 Å². The topological polar surface area (TPSA) is 207 Å². The summed E-state index contributed by atoms with van der Waals surface area (Å²) in [4.78, 5) is 66.5. The number of nitrogens with one attached hydrogen (secondary N) is 2. The number of carbonyl (C=O) groups is 4. The average molecular weight is 1470 g/mol. The van der Waals surface area contributed by atoms with Crippen LogP contribution in [0.1, 0.15) is 145 Å². The number of rotatable bonds is 30. The Kier molecular flexibility index (Phi) is 25.0. The van der Waals surface area contributed by atoms with Gasteiger partial charge >= 0.3 is 0 Å². The highest BCUT2D eigenvalue weighted by Gasteiger charge is 2.51. The Balaban J connectivity index is 0.000000205. The van der Waals surface area contributed by atoms with Crippen LogP contribution in [0.3, 0.4) is 0 Å². The van der Waals surface area contributed by atoms with Crippen molar-refractivity contribution in [1.29, 1.82) is 0 Å². The smallest absolute Gasteiger partial charge is 0.237 e. The lowest BCUT2D eigenvalue weighted by Gasteiger charge is -2.57. The highest BCUT2D eigenvalue weighted by Crippen LogP contribution is 2.61. The van der Waals surface area contributed by atoms with Crippen molar-refractivity contribution in [2.75, 3.05) is 42.6 Å². The van der Waals surface area contributed by atoms with Gasteiger partial charge < -0.3 is 46.1 Å². The minimum Gasteiger partial charge on any atom is -0.395 e. The molecule has 2 unspecified atom stereocenters. The molecule has 0 spiro atoms. The zero-order chi connectivity index (χ0) is 72.5. The molecule has 102 heavy (non-hydrogen) atoms. The monoisotopic (exact) mass is 1460 g/mol. The second-order valence-corrected chi connectivity index (χ2v) is 30.2. The van der Waals surface area contributed by atoms with E-state index in [1.807, 2.05) is 53.1 Å². The van der Waals surface area contributed by atoms with E-state index >= 15 is 0 Å². The Morgan fingerprint density at radius 3 is 1.37 bits per heavy atom. The van der Waals surface area contributed by atoms with Crippen molar-refractivity contribution in [3.8, 4) is 22.8 Å². The number of aliphatic hydroxyl groups is 1. The van der Waals surface area contributed by atoms with Crippen LogP contribution in [-0.4, -0.2) is 92.5 Å². The number of carbonyl (C=O) groups excluding carboxylic acids is 4. The summed E-state index contributed by atoms with van der Waals surface area (Å²) >= 11 is 24.5. The summed E-state index contributed by atoms with van der Waals surface area (Å²) in [5.41, 5.74) is 23.9. The fraction of sp³-hybridized carbons (Fsp3) is 0.407. The van der Waals surface area contributed by atoms with Gasteiger partial charge in [0.1, 0.15) is 23.2 Å². The first-order valence-electron chi connectivity index (χ1n) is 35.7. The van der Waals surface area contributed by atoms with Crippen LogP contribution in [0.25, 0.3) is 44.8 Å². The van der Waals surface area contributed by atoms with Gasteiger partial charge in [-0.3, -0.25) is 19.2 Å². The standard InChI is InChI=1S/C43H53Cl2N5O2.C38H39Cl2F2N5O3/c1-4-14-49(15-5-2)34-10-7-32(8-11-34)41-47-39-22-33(9-13-40(39)50(41)26-43-23-29-17-30(24-43)19-31(18-29)25-43)38(16-27(3)51)48-42(52)37(46)21-28-6-12-35(44)36(45)20-28;1-3-14-46(15-16-48)28-9-6-26(7-10-28)37-44-35-21-27(8-13-36(35)47(37)22-25-5-12-31(41)32(42)19-25)34(17-23(2)49)45-38(50)33(43)20-24-4-11-29(39)30(40)18-24/h6-13,20,22,29-31,37-38H,4-5,14-19,21,23-26,46H2,1-3H3,(H,48,52);4-13,18-19,21,33-34,48H,3,14-17,20,22,43H2,1-2H3,(H,45,50)/t29?,30?,31?,37-,38?,43?;33-,34?/m00/s1. The average Bonchev–Trinajstić information content (AvgIpc) is 1.17. The third kappa shape index (κ3) is 18.2. The van der Waals surface area contributed by atoms with Gasteiger partial charge in [0.2, 0.25) is 11.8 Å². The van der Waals surface area contributed by atoms with Gasteiger partial charge in [0.05, 0.1) is 72.9 Å². The van der Waals surface area contributed by atoms with Gasteiger partial charge in [-0.2, -0.15) is 0 Å². The molecule has 7 aromatic carbocycles. The summed E-state index contributed by atoms with van der Waals surface area (Å²) in [5, 5.41) is 17.2. The van der Waals surface area contributed by atoms with E-state index in [1.54, 1.807) is 37.3 Å². The van der Waals surface area contributed by atoms with Crippen LogP contribution in [0, 0.1) is 34.8 Å². The number of amides is 2. The third-order valence-electron chi connectivity index (χ3n) is 20.3. The molecule has 4 fully saturated rings. The van der Waals surface area contributed by atoms with E-state index in [0.29, 0.717) is 60.9 Å². The summed E-state index contributed by atoms with van der Waals surface area (Å²) in [5.74, 6) is 1.37. The quantitative estimate of drug-likeness (QED) is 0.0286. The minimum absolute atomic E-state index is 0.0169. The molecule has 4 aliphatic rings. The molecule has 2 heterocycles. The van der Waals surface area contributed by atoms with Crippen LogP contribution in [-0.2, 0) is 45.1 Å². The van der Waals surface area contributed by atoms with Gasteiger partial charge in [-0.15, -0.1) is 0 Å². The maximum atomic E-state index is 14.2. The Morgan fingerprint density at radius 2 is 0.961 bits per heavy atom. The molecular formula is C81H92Cl4F2N10O5. The fourth-order valence-corrected chi connectivity index (χ4v) is 16.7. The Bertz CT molecular complexity index is 4420. The highest BCUT2D eigenvalue weighted by molar-refractivity contribution is 6.42. The van der Waals surface area contributed by atoms with Crippen molar-refractivity contribution in [3.05, 3.63) is 199 Å². The van der Waals surface area contributed by atoms with Crippen LogP contribution >= 0.6 is 46.4 Å². The van der Waals surface area contributed by atoms with Crippen molar-refractivity contribution < 1.29 is 33.1 Å². The first-order chi connectivity index (χ1) is 49.0. The zero-order valence-corrected chi connectivity index (χ0v) is 61.7. The fourth-order valence-electron chi connectivity index (χ4n) is 16.1. The van der Waals surface area contributed by atoms with E-state index in [9.17, 15) is 33.1 Å². The molecule has 9 aromatic rings. The van der Waals surface area contributed by atoms with Crippen molar-refractivity contribution in [3.63, 3.8) is 0 Å². The summed E-state index contributed by atoms with van der Waals surface area (Å²) in [6, 6.07) is 39.7. The maximum absolute atomic E-state index is 14.2. The van der Waals surface area contributed by atoms with E-state index in [2.05, 4.69) is 88.2 Å². The molecule has 2 amide bonds. The minimum atomic E-state index is -0.944. The number of anilines is 2. The molecule has 7 N–H and O–H groups in total. The molecule has 0 radical (unpaired) electrons. The highest BCUT2D eigenvalue weighted by atomic mass is 35.5. The molecule has 4 saturated carbocycles. The van der Waals surface area contributed by atoms with Crippen LogP contribution in [0.5, 0.6) is 0 Å². The first kappa shape index (κ1) is 75.4. The number of hydrogen-bond acceptors (Lipinski definition) is 11. The molecule has 4 atom stereocenters. The lowest BCUT2D eigenvalue weighted by molar-refractivity contribution is -0.125. The lowest BCUT2D eigenvalue weighted by Crippen LogP contribution is -2.47. The summed E-state index contributed by atoms with van der Waals surface area (Å²) in [6.45, 7) is 14.1. The molecule has 4 aliphatic carbocycles. The van der Waals surface area contributed by atoms with Gasteiger partial charge in [0, 0.05) is 74.6 Å². The Labute approximate surface area is 616 Å². The van der Waals surface area contributed by atoms with Crippen molar-refractivity contribution >= 4 is 103 Å². The lowest BCUT2D eigenvalue weighted by atomic mass is 9.49. The maximum Gasteiger partial charge on any atom is 0.237 e. The van der Waals surface area contributed by atoms with Crippen LogP contribution < -0.4 is 31.9 Å². The normalized spacial score (nSPS) is 18.0. The Hall–Kier alpha value is -7.74. The molecule has 21 heteroatoms. The second kappa shape index (κ2) is 33.8. The van der Waals surface area contributed by atoms with E-state index in [1.165, 1.54) is 63.3 Å². The first-order valence-corrected chi connectivity index (χ1v) is 37.3. The third-order valence-corrected chi connectivity index (χ3v) is 21.8. The summed E-state index contributed by atoms with van der Waals surface area (Å²) in [6.07, 6.45) is 12.0. The van der Waals surface area contributed by atoms with Gasteiger partial charge in [0.15, 0.2) is 11.6 Å². The zero-order valence-electron chi connectivity index (χ0n) is 58.6. The molecule has 4 bridgehead atoms. The largest absolute Gasteiger partial charge is 0.395 e. The molecule has 15 nitrogen and oxygen atoms in total. The van der Waals surface area contributed by atoms with Crippen molar-refractivity contribution in [2.45, 2.75) is 155 Å². The van der Waals surface area contributed by atoms with Crippen molar-refractivity contribution in [2.24, 2.45) is 34.6 Å². The SMILES string of the molecule is CCCN(CCC)c1ccc(-c2nc3cc(C(CC(C)=O)NC(=O)[C@@H](N)Cc4ccc(Cl)c(Cl)c4)ccc3n2CC23CC4CC(CC(C4)C2)C3)cc1.CCCN(CCO)c1ccc(-c2nc3cc(C(CC(C)=O)NC(=O)[C@@H](N)Cc4ccc(Cl)c(Cl)c4)ccc3n2Cc2ccc(F)c(F)c2)cc1. The molecule has 0 aliphatic heterocycles. The molecule has 2 aromatic heterocycles. The van der Waals surface area contributed by atoms with Gasteiger partial charge in [-0.05, 0) is 245 Å². The molecular weight excluding hydrogens is 1370 g/mol. The number of nitrogens with zero attached hydrogens (tertiary/aromatic N) is 6. The second-order valence-electron chi connectivity index (χ2n) is 28.5. The van der Waals surface area contributed by atoms with Gasteiger partial charge in [-0.1, -0.05) is 97.5 Å². The number of imidazole rings is 2. The van der Waals surface area contributed by atoms with E-state index in [-0.39, 0.29) is 49.9 Å². The number of aromatic nitrogens is 4. The number of Topliss-reactive ketones (excluding diaryl/α,β-unsaturated/α-hetero) is 2. The number of nitrogens with two attached hydrogens (primary N) is 2. The van der Waals surface area contributed by atoms with E-state index in [0.717, 1.165) is 125 Å². The van der Waals surface area contributed by atoms with Gasteiger partial charge in [-0.25, -0.2) is 18.7 Å². The number of fused-ring (bicyclic) bond motifs is 2. The Morgan fingerprint density at radius 1 is 0.539 bits per heavy atom. The molecule has 538 valence electrons. The summed E-state index contributed by atoms with van der Waals surface area (Å²) < 4.78 is 32.5. The summed E-state index contributed by atoms with van der Waals surface area (Å²) in [7, 11) is 0. The molecule has 13 rings (SSSR count). The number of aliphatic hydroxyl groups excluding tert-OH is 1. The van der Waals surface area contributed by atoms with E-state index < -0.39 is 41.7 Å².